The van der Waals surface area contributed by atoms with E-state index in [-0.39, 0.29) is 0 Å². The highest BCUT2D eigenvalue weighted by Gasteiger charge is 2.15. The highest BCUT2D eigenvalue weighted by molar-refractivity contribution is 7.80. The van der Waals surface area contributed by atoms with Gasteiger partial charge in [-0.05, 0) is 69.4 Å². The number of benzene rings is 2. The van der Waals surface area contributed by atoms with Gasteiger partial charge in [-0.25, -0.2) is 0 Å². The molecule has 0 unspecified atom stereocenters. The Bertz CT molecular complexity index is 1030. The first-order valence-electron chi connectivity index (χ1n) is 10.7. The number of halogens is 1. The molecule has 33 heavy (non-hydrogen) atoms. The summed E-state index contributed by atoms with van der Waals surface area (Å²) in [5.41, 5.74) is 14.4. The lowest BCUT2D eigenvalue weighted by atomic mass is 10.0. The molecule has 3 rings (SSSR count). The van der Waals surface area contributed by atoms with Crippen LogP contribution in [0.1, 0.15) is 45.2 Å². The third kappa shape index (κ3) is 10.3. The number of hydrogen-bond donors (Lipinski definition) is 3. The molecule has 4 nitrogen and oxygen atoms in total. The molecule has 174 valence electrons. The predicted molar refractivity (Wildman–Crippen MR) is 150 cm³/mol. The Morgan fingerprint density at radius 3 is 2.33 bits per heavy atom. The van der Waals surface area contributed by atoms with Gasteiger partial charge in [0.05, 0.1) is 5.71 Å². The number of hydrogen-bond acceptors (Lipinski definition) is 3. The second kappa shape index (κ2) is 15.6. The summed E-state index contributed by atoms with van der Waals surface area (Å²) in [6.45, 7) is 11.8. The van der Waals surface area contributed by atoms with Gasteiger partial charge in [0.25, 0.3) is 0 Å². The Morgan fingerprint density at radius 1 is 1.15 bits per heavy atom. The van der Waals surface area contributed by atoms with E-state index in [2.05, 4.69) is 49.3 Å². The Balaban J connectivity index is 0.000000326. The maximum Gasteiger partial charge on any atom is 0.191 e. The number of nitrogens with zero attached hydrogens (tertiary/aromatic N) is 1. The average molecular weight is 481 g/mol. The van der Waals surface area contributed by atoms with Gasteiger partial charge in [-0.15, -0.1) is 0 Å². The Kier molecular flexibility index (Phi) is 13.2. The molecule has 0 saturated heterocycles. The number of nitrogens with one attached hydrogen (secondary N) is 2. The van der Waals surface area contributed by atoms with Gasteiger partial charge in [0.2, 0.25) is 0 Å². The summed E-state index contributed by atoms with van der Waals surface area (Å²) in [5.74, 6) is 0. The van der Waals surface area contributed by atoms with Crippen molar-refractivity contribution in [2.24, 2.45) is 10.8 Å². The number of allylic oxidation sites excluding steroid dienone is 6. The highest BCUT2D eigenvalue weighted by atomic mass is 35.5. The number of nitrogens with two attached hydrogens (primary N) is 1. The molecule has 2 aromatic carbocycles. The minimum absolute atomic E-state index is 0.483. The van der Waals surface area contributed by atoms with Crippen molar-refractivity contribution >= 4 is 40.3 Å². The van der Waals surface area contributed by atoms with Crippen molar-refractivity contribution in [2.75, 3.05) is 5.32 Å². The van der Waals surface area contributed by atoms with E-state index >= 15 is 0 Å². The molecule has 0 atom stereocenters. The highest BCUT2D eigenvalue weighted by Crippen LogP contribution is 2.22. The average Bonchev–Trinajstić information content (AvgIpc) is 2.99. The number of thiocarbonyl (C=S) groups is 1. The van der Waals surface area contributed by atoms with Gasteiger partial charge in [-0.2, -0.15) is 5.10 Å². The summed E-state index contributed by atoms with van der Waals surface area (Å²) in [6, 6.07) is 15.5. The van der Waals surface area contributed by atoms with Crippen molar-refractivity contribution in [2.45, 2.75) is 34.1 Å². The first-order chi connectivity index (χ1) is 15.9. The van der Waals surface area contributed by atoms with Crippen LogP contribution < -0.4 is 16.5 Å². The smallest absolute Gasteiger partial charge is 0.191 e. The van der Waals surface area contributed by atoms with Crippen LogP contribution in [0.25, 0.3) is 0 Å². The van der Waals surface area contributed by atoms with E-state index in [9.17, 15) is 0 Å². The standard InChI is InChI=1S/C14H10ClN3S.C8H13N.C5H10/c15-10-7-5-9(6-8-10)13-11-3-1-2-4-12(11)16-14(19)18-17-13;1-3-5-6-8(4-2)7-9;1-4-5(2)3/h1-8H,(H2,16,18,19);3,5-7H,1,4,9H2,2H3;4H,1-3H3/b;6-5-,8-7-;. The van der Waals surface area contributed by atoms with Crippen molar-refractivity contribution in [3.8, 4) is 0 Å². The van der Waals surface area contributed by atoms with Crippen LogP contribution in [0.2, 0.25) is 5.02 Å². The van der Waals surface area contributed by atoms with Gasteiger partial charge in [0, 0.05) is 21.8 Å². The van der Waals surface area contributed by atoms with Crippen LogP contribution in [0.5, 0.6) is 0 Å². The van der Waals surface area contributed by atoms with Gasteiger partial charge in [0.1, 0.15) is 0 Å². The third-order valence-electron chi connectivity index (χ3n) is 4.46. The number of hydrazone groups is 1. The lowest BCUT2D eigenvalue weighted by Crippen LogP contribution is -2.22. The molecule has 2 aromatic rings. The summed E-state index contributed by atoms with van der Waals surface area (Å²) in [7, 11) is 0. The lowest BCUT2D eigenvalue weighted by molar-refractivity contribution is 1.05. The minimum Gasteiger partial charge on any atom is -0.404 e. The Morgan fingerprint density at radius 2 is 1.79 bits per heavy atom. The van der Waals surface area contributed by atoms with E-state index in [1.54, 1.807) is 12.3 Å². The fourth-order valence-electron chi connectivity index (χ4n) is 2.43. The first-order valence-corrected chi connectivity index (χ1v) is 11.4. The molecule has 1 aliphatic heterocycles. The van der Waals surface area contributed by atoms with Crippen LogP contribution in [0.3, 0.4) is 0 Å². The Labute approximate surface area is 208 Å². The molecule has 0 aliphatic carbocycles. The van der Waals surface area contributed by atoms with Gasteiger partial charge in [-0.1, -0.05) is 85.3 Å². The predicted octanol–water partition coefficient (Wildman–Crippen LogP) is 7.35. The first kappa shape index (κ1) is 27.9. The van der Waals surface area contributed by atoms with Crippen molar-refractivity contribution in [1.82, 2.24) is 5.43 Å². The van der Waals surface area contributed by atoms with Crippen molar-refractivity contribution in [3.63, 3.8) is 0 Å². The van der Waals surface area contributed by atoms with E-state index in [0.29, 0.717) is 10.1 Å². The third-order valence-corrected chi connectivity index (χ3v) is 4.91. The van der Waals surface area contributed by atoms with Crippen molar-refractivity contribution in [3.05, 3.63) is 113 Å². The van der Waals surface area contributed by atoms with Gasteiger partial charge in [0.15, 0.2) is 5.11 Å². The van der Waals surface area contributed by atoms with E-state index < -0.39 is 0 Å². The van der Waals surface area contributed by atoms with Crippen LogP contribution in [0, 0.1) is 0 Å². The van der Waals surface area contributed by atoms with Crippen LogP contribution in [0.15, 0.2) is 102 Å². The molecule has 0 bridgehead atoms. The Hall–Kier alpha value is -3.15. The van der Waals surface area contributed by atoms with Gasteiger partial charge >= 0.3 is 0 Å². The van der Waals surface area contributed by atoms with E-state index in [1.165, 1.54) is 5.57 Å². The van der Waals surface area contributed by atoms with Crippen LogP contribution in [0.4, 0.5) is 5.69 Å². The van der Waals surface area contributed by atoms with E-state index in [0.717, 1.165) is 34.5 Å². The fraction of sp³-hybridized carbons (Fsp3) is 0.185. The number of anilines is 1. The molecule has 1 heterocycles. The maximum absolute atomic E-state index is 5.92. The fourth-order valence-corrected chi connectivity index (χ4v) is 2.71. The van der Waals surface area contributed by atoms with Gasteiger partial charge < -0.3 is 11.1 Å². The van der Waals surface area contributed by atoms with E-state index in [4.69, 9.17) is 29.6 Å². The summed E-state index contributed by atoms with van der Waals surface area (Å²) < 4.78 is 0. The quantitative estimate of drug-likeness (QED) is 0.243. The number of para-hydroxylation sites is 1. The SMILES string of the molecule is C=C/C=C\C(=C/N)CC.CC=C(C)C.S=C1NN=C(c2ccc(Cl)cc2)c2ccccc2N1. The zero-order valence-corrected chi connectivity index (χ0v) is 21.3. The molecule has 0 saturated carbocycles. The van der Waals surface area contributed by atoms with Crippen LogP contribution in [-0.4, -0.2) is 10.8 Å². The molecule has 0 amide bonds. The molecule has 0 radical (unpaired) electrons. The molecule has 4 N–H and O–H groups in total. The summed E-state index contributed by atoms with van der Waals surface area (Å²) in [6.07, 6.45) is 10.2. The second-order valence-corrected chi connectivity index (χ2v) is 7.98. The molecule has 6 heteroatoms. The number of rotatable bonds is 4. The van der Waals surface area contributed by atoms with Crippen LogP contribution in [-0.2, 0) is 0 Å². The van der Waals surface area contributed by atoms with E-state index in [1.807, 2.05) is 67.6 Å². The lowest BCUT2D eigenvalue weighted by Gasteiger charge is -2.08. The molecular formula is C27H33ClN4S. The molecule has 0 spiro atoms. The number of fused-ring (bicyclic) bond motifs is 1. The van der Waals surface area contributed by atoms with Crippen molar-refractivity contribution < 1.29 is 0 Å². The molecular weight excluding hydrogens is 448 g/mol. The summed E-state index contributed by atoms with van der Waals surface area (Å²) >= 11 is 11.1. The molecule has 0 aromatic heterocycles. The molecule has 1 aliphatic rings. The summed E-state index contributed by atoms with van der Waals surface area (Å²) in [5, 5.41) is 8.66. The minimum atomic E-state index is 0.483. The topological polar surface area (TPSA) is 62.4 Å². The monoisotopic (exact) mass is 480 g/mol. The summed E-state index contributed by atoms with van der Waals surface area (Å²) in [4.78, 5) is 0. The van der Waals surface area contributed by atoms with Crippen LogP contribution >= 0.6 is 23.8 Å². The second-order valence-electron chi connectivity index (χ2n) is 7.13. The zero-order chi connectivity index (χ0) is 24.6. The largest absolute Gasteiger partial charge is 0.404 e. The van der Waals surface area contributed by atoms with Crippen molar-refractivity contribution in [1.29, 1.82) is 0 Å². The molecule has 0 fully saturated rings. The normalized spacial score (nSPS) is 12.3. The maximum atomic E-state index is 5.92. The zero-order valence-electron chi connectivity index (χ0n) is 19.7. The van der Waals surface area contributed by atoms with Gasteiger partial charge in [-0.3, -0.25) is 5.43 Å².